The molecular weight excluding hydrogens is 256 g/mol. The van der Waals surface area contributed by atoms with Crippen molar-refractivity contribution in [3.8, 4) is 0 Å². The molecule has 0 spiro atoms. The zero-order chi connectivity index (χ0) is 12.1. The summed E-state index contributed by atoms with van der Waals surface area (Å²) in [6.07, 6.45) is 0. The third kappa shape index (κ3) is 3.65. The average molecular weight is 265 g/mol. The van der Waals surface area contributed by atoms with Crippen molar-refractivity contribution in [2.45, 2.75) is 0 Å². The second-order valence-corrected chi connectivity index (χ2v) is 10.3. The van der Waals surface area contributed by atoms with E-state index in [1.54, 1.807) is 0 Å². The van der Waals surface area contributed by atoms with Gasteiger partial charge in [-0.05, 0) is 0 Å². The molecule has 0 atom stereocenters. The first kappa shape index (κ1) is 14.0. The quantitative estimate of drug-likeness (QED) is 0.472. The minimum Gasteiger partial charge on any atom is -0.182 e. The molecule has 14 heavy (non-hydrogen) atoms. The normalized spacial score (nSPS) is 21.0. The first-order valence-electron chi connectivity index (χ1n) is 3.17. The first-order valence-corrected chi connectivity index (χ1v) is 8.25. The monoisotopic (exact) mass is 265 g/mol. The molecule has 0 aromatic rings. The van der Waals surface area contributed by atoms with Crippen LogP contribution in [0.25, 0.3) is 0 Å². The summed E-state index contributed by atoms with van der Waals surface area (Å²) in [5.41, 5.74) is -2.38. The highest BCUT2D eigenvalue weighted by Crippen LogP contribution is 3.03. The van der Waals surface area contributed by atoms with E-state index in [-0.39, 0.29) is 0 Å². The average Bonchev–Trinajstić information content (AvgIpc) is 1.77. The summed E-state index contributed by atoms with van der Waals surface area (Å²) in [4.78, 5) is 0. The molecule has 9 heteroatoms. The Hall–Kier alpha value is 0.0300. The van der Waals surface area contributed by atoms with Crippen LogP contribution in [-0.2, 0) is 0 Å². The first-order chi connectivity index (χ1) is 5.55. The van der Waals surface area contributed by atoms with E-state index in [0.717, 1.165) is 20.0 Å². The third-order valence-corrected chi connectivity index (χ3v) is 3.47. The molecule has 0 unspecified atom stereocenters. The second-order valence-electron chi connectivity index (χ2n) is 3.55. The van der Waals surface area contributed by atoms with Crippen molar-refractivity contribution < 1.29 is 28.2 Å². The van der Waals surface area contributed by atoms with Gasteiger partial charge in [0.2, 0.25) is 0 Å². The molecule has 0 N–H and O–H groups in total. The summed E-state index contributed by atoms with van der Waals surface area (Å²) in [6.45, 7) is 2.89. The van der Waals surface area contributed by atoms with Crippen LogP contribution in [-0.4, -0.2) is 20.0 Å². The van der Waals surface area contributed by atoms with Gasteiger partial charge in [-0.2, -0.15) is 8.78 Å². The Morgan fingerprint density at radius 2 is 1.14 bits per heavy atom. The van der Waals surface area contributed by atoms with Crippen LogP contribution < -0.4 is 0 Å². The Morgan fingerprint density at radius 3 is 1.21 bits per heavy atom. The summed E-state index contributed by atoms with van der Waals surface area (Å²) in [5, 5.41) is -3.84. The molecular formula is C5H9F7PS+. The highest BCUT2D eigenvalue weighted by Gasteiger charge is 2.72. The molecule has 0 amide bonds. The van der Waals surface area contributed by atoms with E-state index in [2.05, 4.69) is 0 Å². The van der Waals surface area contributed by atoms with Crippen LogP contribution in [0.5, 0.6) is 0 Å². The summed E-state index contributed by atoms with van der Waals surface area (Å²) < 4.78 is 83.6. The SMILES string of the molecule is C[P+](C)(C)/C(F)=C(\F)S(F)(F)(F)(F)F. The molecule has 0 aliphatic rings. The Balaban J connectivity index is 5.72. The molecule has 0 fully saturated rings. The number of halogens is 7. The van der Waals surface area contributed by atoms with E-state index in [1.807, 2.05) is 0 Å². The van der Waals surface area contributed by atoms with E-state index in [9.17, 15) is 28.2 Å². The smallest absolute Gasteiger partial charge is 0.182 e. The number of hydrogen-bond acceptors (Lipinski definition) is 0. The third-order valence-electron chi connectivity index (χ3n) is 1.09. The van der Waals surface area contributed by atoms with E-state index < -0.39 is 28.2 Å². The highest BCUT2D eigenvalue weighted by molar-refractivity contribution is 8.48. The Kier molecular flexibility index (Phi) is 2.59. The van der Waals surface area contributed by atoms with Gasteiger partial charge in [0.05, 0.1) is 27.3 Å². The molecule has 0 radical (unpaired) electrons. The molecule has 0 bridgehead atoms. The van der Waals surface area contributed by atoms with Crippen molar-refractivity contribution in [2.24, 2.45) is 0 Å². The Labute approximate surface area is 77.2 Å². The van der Waals surface area contributed by atoms with Gasteiger partial charge < -0.3 is 0 Å². The molecule has 88 valence electrons. The van der Waals surface area contributed by atoms with Crippen LogP contribution in [0.15, 0.2) is 10.7 Å². The number of hydrogen-bond donors (Lipinski definition) is 0. The van der Waals surface area contributed by atoms with Crippen molar-refractivity contribution in [3.63, 3.8) is 0 Å². The predicted octanol–water partition coefficient (Wildman–Crippen LogP) is 5.26. The minimum absolute atomic E-state index is 0.964. The fourth-order valence-corrected chi connectivity index (χ4v) is 2.61. The van der Waals surface area contributed by atoms with Crippen LogP contribution in [0, 0.1) is 0 Å². The van der Waals surface area contributed by atoms with Crippen LogP contribution in [0.4, 0.5) is 28.2 Å². The van der Waals surface area contributed by atoms with Crippen LogP contribution in [0.3, 0.4) is 0 Å². The fourth-order valence-electron chi connectivity index (χ4n) is 0.423. The molecule has 0 aliphatic carbocycles. The summed E-state index contributed by atoms with van der Waals surface area (Å²) in [5.74, 6) is 0. The standard InChI is InChI=1S/C5H9F7PS/c1-13(2,3)4(6)5(7)14(8,9,10,11)12/h1-3H3/q+1/b5-4+. The van der Waals surface area contributed by atoms with E-state index >= 15 is 0 Å². The molecule has 0 nitrogen and oxygen atoms in total. The predicted molar refractivity (Wildman–Crippen MR) is 47.1 cm³/mol. The van der Waals surface area contributed by atoms with Gasteiger partial charge in [-0.25, -0.2) is 0 Å². The highest BCUT2D eigenvalue weighted by atomic mass is 32.5. The van der Waals surface area contributed by atoms with Crippen molar-refractivity contribution in [3.05, 3.63) is 10.7 Å². The maximum atomic E-state index is 12.7. The van der Waals surface area contributed by atoms with Crippen molar-refractivity contribution in [2.75, 3.05) is 20.0 Å². The maximum absolute atomic E-state index is 12.7. The lowest BCUT2D eigenvalue weighted by atomic mass is 11.1. The number of rotatable bonds is 2. The molecule has 0 aromatic carbocycles. The largest absolute Gasteiger partial charge is 0.341 e. The lowest BCUT2D eigenvalue weighted by Gasteiger charge is -2.37. The lowest BCUT2D eigenvalue weighted by Crippen LogP contribution is -2.08. The lowest BCUT2D eigenvalue weighted by molar-refractivity contribution is 0.353. The maximum Gasteiger partial charge on any atom is 0.341 e. The van der Waals surface area contributed by atoms with Gasteiger partial charge in [-0.3, -0.25) is 0 Å². The van der Waals surface area contributed by atoms with Gasteiger partial charge >= 0.3 is 15.4 Å². The summed E-state index contributed by atoms with van der Waals surface area (Å²) in [6, 6.07) is 0. The summed E-state index contributed by atoms with van der Waals surface area (Å²) >= 11 is 0. The van der Waals surface area contributed by atoms with Gasteiger partial charge in [0.1, 0.15) is 0 Å². The molecule has 0 heterocycles. The fraction of sp³-hybridized carbons (Fsp3) is 0.600. The molecule has 0 rings (SSSR count). The van der Waals surface area contributed by atoms with Gasteiger partial charge in [-0.1, -0.05) is 19.4 Å². The molecule has 0 aromatic heterocycles. The van der Waals surface area contributed by atoms with Crippen molar-refractivity contribution in [1.29, 1.82) is 0 Å². The zero-order valence-electron chi connectivity index (χ0n) is 7.50. The molecule has 0 aliphatic heterocycles. The molecule has 0 saturated heterocycles. The van der Waals surface area contributed by atoms with Gasteiger partial charge in [0, 0.05) is 0 Å². The minimum atomic E-state index is -10.5. The van der Waals surface area contributed by atoms with E-state index in [0.29, 0.717) is 0 Å². The zero-order valence-corrected chi connectivity index (χ0v) is 9.21. The van der Waals surface area contributed by atoms with E-state index in [4.69, 9.17) is 0 Å². The second kappa shape index (κ2) is 2.58. The van der Waals surface area contributed by atoms with Crippen LogP contribution in [0.2, 0.25) is 0 Å². The molecule has 0 saturated carbocycles. The van der Waals surface area contributed by atoms with E-state index in [1.165, 1.54) is 0 Å². The van der Waals surface area contributed by atoms with Gasteiger partial charge in [-0.15, -0.1) is 0 Å². The van der Waals surface area contributed by atoms with Crippen molar-refractivity contribution >= 4 is 17.5 Å². The topological polar surface area (TPSA) is 0 Å². The Morgan fingerprint density at radius 1 is 0.857 bits per heavy atom. The Bertz CT molecular complexity index is 280. The van der Waals surface area contributed by atoms with Gasteiger partial charge in [0.25, 0.3) is 5.57 Å². The van der Waals surface area contributed by atoms with Crippen molar-refractivity contribution in [1.82, 2.24) is 0 Å². The van der Waals surface area contributed by atoms with Crippen LogP contribution in [0.1, 0.15) is 0 Å². The van der Waals surface area contributed by atoms with Gasteiger partial charge in [0.15, 0.2) is 0 Å². The summed E-state index contributed by atoms with van der Waals surface area (Å²) in [7, 11) is -13.5. The van der Waals surface area contributed by atoms with Crippen LogP contribution >= 0.6 is 17.5 Å².